The van der Waals surface area contributed by atoms with Crippen molar-refractivity contribution < 1.29 is 5.11 Å². The van der Waals surface area contributed by atoms with Crippen LogP contribution in [0.3, 0.4) is 0 Å². The minimum absolute atomic E-state index is 0.173. The Balaban J connectivity index is 2.11. The summed E-state index contributed by atoms with van der Waals surface area (Å²) in [5.41, 5.74) is 0.817. The highest BCUT2D eigenvalue weighted by molar-refractivity contribution is 7.99. The lowest BCUT2D eigenvalue weighted by Gasteiger charge is -2.37. The van der Waals surface area contributed by atoms with Crippen molar-refractivity contribution in [2.24, 2.45) is 0 Å². The number of aliphatic hydroxyl groups is 1. The zero-order valence-corrected chi connectivity index (χ0v) is 10.7. The Bertz CT molecular complexity index is 353. The molecule has 1 aromatic carbocycles. The quantitative estimate of drug-likeness (QED) is 0.873. The maximum Gasteiger partial charge on any atom is 0.0694 e. The second-order valence-electron chi connectivity index (χ2n) is 4.23. The predicted molar refractivity (Wildman–Crippen MR) is 71.5 cm³/mol. The van der Waals surface area contributed by atoms with E-state index in [1.54, 1.807) is 0 Å². The van der Waals surface area contributed by atoms with Crippen LogP contribution < -0.4 is 5.32 Å². The number of nitrogens with one attached hydrogen (secondary N) is 1. The Morgan fingerprint density at radius 2 is 2.38 bits per heavy atom. The number of hydrogen-bond acceptors (Lipinski definition) is 3. The van der Waals surface area contributed by atoms with Gasteiger partial charge in [-0.2, -0.15) is 11.8 Å². The number of thioether (sulfide) groups is 1. The molecule has 16 heavy (non-hydrogen) atoms. The summed E-state index contributed by atoms with van der Waals surface area (Å²) in [5, 5.41) is 13.7. The first kappa shape index (κ1) is 12.1. The average Bonchev–Trinajstić information content (AvgIpc) is 2.30. The first-order chi connectivity index (χ1) is 7.74. The molecule has 0 bridgehead atoms. The van der Waals surface area contributed by atoms with Gasteiger partial charge in [-0.25, -0.2) is 0 Å². The van der Waals surface area contributed by atoms with Crippen molar-refractivity contribution in [3.8, 4) is 0 Å². The van der Waals surface area contributed by atoms with Crippen LogP contribution in [-0.4, -0.2) is 28.8 Å². The van der Waals surface area contributed by atoms with Gasteiger partial charge in [0.2, 0.25) is 0 Å². The van der Waals surface area contributed by atoms with Crippen molar-refractivity contribution in [1.29, 1.82) is 0 Å². The van der Waals surface area contributed by atoms with Gasteiger partial charge in [-0.15, -0.1) is 0 Å². The molecule has 1 unspecified atom stereocenters. The third-order valence-corrected chi connectivity index (χ3v) is 4.43. The molecule has 88 valence electrons. The molecule has 0 saturated carbocycles. The van der Waals surface area contributed by atoms with Gasteiger partial charge in [0, 0.05) is 16.5 Å². The first-order valence-electron chi connectivity index (χ1n) is 5.46. The van der Waals surface area contributed by atoms with E-state index in [-0.39, 0.29) is 12.1 Å². The van der Waals surface area contributed by atoms with Crippen molar-refractivity contribution in [3.63, 3.8) is 0 Å². The number of anilines is 1. The molecule has 0 aliphatic carbocycles. The lowest BCUT2D eigenvalue weighted by Crippen LogP contribution is -2.46. The molecule has 0 spiro atoms. The van der Waals surface area contributed by atoms with E-state index < -0.39 is 0 Å². The molecule has 2 N–H and O–H groups in total. The Kier molecular flexibility index (Phi) is 4.00. The molecule has 1 aromatic rings. The third kappa shape index (κ3) is 2.84. The summed E-state index contributed by atoms with van der Waals surface area (Å²) in [6.45, 7) is 0.173. The van der Waals surface area contributed by atoms with Gasteiger partial charge in [-0.05, 0) is 36.8 Å². The molecule has 0 aromatic heterocycles. The molecule has 1 fully saturated rings. The third-order valence-electron chi connectivity index (χ3n) is 2.86. The average molecular weight is 258 g/mol. The predicted octanol–water partition coefficient (Wildman–Crippen LogP) is 3.01. The molecule has 0 amide bonds. The van der Waals surface area contributed by atoms with E-state index in [0.29, 0.717) is 0 Å². The smallest absolute Gasteiger partial charge is 0.0694 e. The summed E-state index contributed by atoms with van der Waals surface area (Å²) in [5.74, 6) is 2.15. The van der Waals surface area contributed by atoms with Gasteiger partial charge < -0.3 is 10.4 Å². The highest BCUT2D eigenvalue weighted by atomic mass is 35.5. The van der Waals surface area contributed by atoms with Crippen LogP contribution in [0.5, 0.6) is 0 Å². The fraction of sp³-hybridized carbons (Fsp3) is 0.500. The SMILES string of the molecule is OCC1(Nc2cccc(Cl)c2)CCCSC1. The van der Waals surface area contributed by atoms with E-state index in [2.05, 4.69) is 5.32 Å². The van der Waals surface area contributed by atoms with Crippen LogP contribution in [0, 0.1) is 0 Å². The Morgan fingerprint density at radius 1 is 1.50 bits per heavy atom. The molecule has 2 nitrogen and oxygen atoms in total. The summed E-state index contributed by atoms with van der Waals surface area (Å²) in [4.78, 5) is 0. The standard InChI is InChI=1S/C12H16ClNOS/c13-10-3-1-4-11(7-10)14-12(8-15)5-2-6-16-9-12/h1,3-4,7,14-15H,2,5-6,8-9H2. The fourth-order valence-corrected chi connectivity index (χ4v) is 3.37. The maximum atomic E-state index is 9.56. The lowest BCUT2D eigenvalue weighted by atomic mass is 9.96. The van der Waals surface area contributed by atoms with E-state index in [1.807, 2.05) is 36.0 Å². The largest absolute Gasteiger partial charge is 0.394 e. The summed E-state index contributed by atoms with van der Waals surface area (Å²) in [6.07, 6.45) is 2.17. The van der Waals surface area contributed by atoms with Gasteiger partial charge in [-0.3, -0.25) is 0 Å². The molecular formula is C12H16ClNOS. The topological polar surface area (TPSA) is 32.3 Å². The number of hydrogen-bond donors (Lipinski definition) is 2. The van der Waals surface area contributed by atoms with Crippen LogP contribution in [0.4, 0.5) is 5.69 Å². The minimum Gasteiger partial charge on any atom is -0.394 e. The molecule has 1 atom stereocenters. The number of benzene rings is 1. The summed E-state index contributed by atoms with van der Waals surface area (Å²) < 4.78 is 0. The molecule has 2 rings (SSSR count). The zero-order chi connectivity index (χ0) is 11.4. The Morgan fingerprint density at radius 3 is 3.00 bits per heavy atom. The highest BCUT2D eigenvalue weighted by Gasteiger charge is 2.31. The van der Waals surface area contributed by atoms with Crippen molar-refractivity contribution >= 4 is 29.1 Å². The summed E-state index contributed by atoms with van der Waals surface area (Å²) in [6, 6.07) is 7.67. The number of rotatable bonds is 3. The minimum atomic E-state index is -0.173. The Hall–Kier alpha value is -0.380. The second-order valence-corrected chi connectivity index (χ2v) is 5.77. The molecule has 0 radical (unpaired) electrons. The van der Waals surface area contributed by atoms with Crippen LogP contribution >= 0.6 is 23.4 Å². The lowest BCUT2D eigenvalue weighted by molar-refractivity contribution is 0.215. The summed E-state index contributed by atoms with van der Waals surface area (Å²) in [7, 11) is 0. The normalized spacial score (nSPS) is 25.4. The van der Waals surface area contributed by atoms with Crippen LogP contribution in [0.25, 0.3) is 0 Å². The molecule has 4 heteroatoms. The molecule has 1 aliphatic rings. The van der Waals surface area contributed by atoms with Gasteiger partial charge in [0.15, 0.2) is 0 Å². The summed E-state index contributed by atoms with van der Waals surface area (Å²) >= 11 is 7.84. The van der Waals surface area contributed by atoms with Crippen LogP contribution in [-0.2, 0) is 0 Å². The first-order valence-corrected chi connectivity index (χ1v) is 7.00. The van der Waals surface area contributed by atoms with Crippen molar-refractivity contribution in [3.05, 3.63) is 29.3 Å². The van der Waals surface area contributed by atoms with Gasteiger partial charge >= 0.3 is 0 Å². The van der Waals surface area contributed by atoms with Gasteiger partial charge in [0.05, 0.1) is 12.1 Å². The molecule has 1 aliphatic heterocycles. The molecule has 1 saturated heterocycles. The van der Waals surface area contributed by atoms with Crippen molar-refractivity contribution in [2.75, 3.05) is 23.4 Å². The van der Waals surface area contributed by atoms with Crippen LogP contribution in [0.2, 0.25) is 5.02 Å². The van der Waals surface area contributed by atoms with Crippen molar-refractivity contribution in [2.45, 2.75) is 18.4 Å². The van der Waals surface area contributed by atoms with Gasteiger partial charge in [0.1, 0.15) is 0 Å². The fourth-order valence-electron chi connectivity index (χ4n) is 1.99. The number of aliphatic hydroxyl groups excluding tert-OH is 1. The monoisotopic (exact) mass is 257 g/mol. The molecule has 1 heterocycles. The van der Waals surface area contributed by atoms with E-state index in [4.69, 9.17) is 11.6 Å². The van der Waals surface area contributed by atoms with Crippen LogP contribution in [0.15, 0.2) is 24.3 Å². The highest BCUT2D eigenvalue weighted by Crippen LogP contribution is 2.30. The number of halogens is 1. The molecular weight excluding hydrogens is 242 g/mol. The van der Waals surface area contributed by atoms with Crippen molar-refractivity contribution in [1.82, 2.24) is 0 Å². The van der Waals surface area contributed by atoms with E-state index in [0.717, 1.165) is 29.3 Å². The second kappa shape index (κ2) is 5.30. The van der Waals surface area contributed by atoms with E-state index >= 15 is 0 Å². The van der Waals surface area contributed by atoms with Gasteiger partial charge in [0.25, 0.3) is 0 Å². The zero-order valence-electron chi connectivity index (χ0n) is 9.08. The van der Waals surface area contributed by atoms with Crippen LogP contribution in [0.1, 0.15) is 12.8 Å². The Labute approximate surface area is 105 Å². The maximum absolute atomic E-state index is 9.56. The van der Waals surface area contributed by atoms with E-state index in [1.165, 1.54) is 5.75 Å². The van der Waals surface area contributed by atoms with Gasteiger partial charge in [-0.1, -0.05) is 17.7 Å². The van der Waals surface area contributed by atoms with E-state index in [9.17, 15) is 5.11 Å².